The first-order chi connectivity index (χ1) is 12.6. The predicted molar refractivity (Wildman–Crippen MR) is 94.6 cm³/mol. The lowest BCUT2D eigenvalue weighted by atomic mass is 10.2. The third-order valence-electron chi connectivity index (χ3n) is 3.58. The Morgan fingerprint density at radius 2 is 1.65 bits per heavy atom. The Morgan fingerprint density at radius 3 is 2.27 bits per heavy atom. The molecule has 0 fully saturated rings. The molecule has 2 aromatic carbocycles. The number of anilines is 2. The Hall–Kier alpha value is -3.42. The Bertz CT molecular complexity index is 895. The lowest BCUT2D eigenvalue weighted by molar-refractivity contribution is 0.324. The van der Waals surface area contributed by atoms with Gasteiger partial charge in [0.05, 0.1) is 21.3 Å². The summed E-state index contributed by atoms with van der Waals surface area (Å²) in [6, 6.07) is 9.50. The summed E-state index contributed by atoms with van der Waals surface area (Å²) in [7, 11) is 4.60. The molecule has 134 valence electrons. The van der Waals surface area contributed by atoms with Crippen LogP contribution in [0.5, 0.6) is 17.2 Å². The number of hydrogen-bond donors (Lipinski definition) is 1. The maximum atomic E-state index is 13.4. The van der Waals surface area contributed by atoms with Gasteiger partial charge in [-0.05, 0) is 12.1 Å². The average molecular weight is 356 g/mol. The minimum Gasteiger partial charge on any atom is -0.493 e. The predicted octanol–water partition coefficient (Wildman–Crippen LogP) is 3.45. The van der Waals surface area contributed by atoms with Crippen LogP contribution in [0.4, 0.5) is 16.0 Å². The number of nitrogens with zero attached hydrogens (tertiary/aromatic N) is 3. The second-order valence-corrected chi connectivity index (χ2v) is 5.18. The van der Waals surface area contributed by atoms with Gasteiger partial charge in [-0.3, -0.25) is 0 Å². The van der Waals surface area contributed by atoms with Crippen LogP contribution >= 0.6 is 0 Å². The van der Waals surface area contributed by atoms with Gasteiger partial charge < -0.3 is 19.5 Å². The van der Waals surface area contributed by atoms with Crippen LogP contribution in [0.2, 0.25) is 0 Å². The van der Waals surface area contributed by atoms with Gasteiger partial charge in [0.25, 0.3) is 0 Å². The highest BCUT2D eigenvalue weighted by Crippen LogP contribution is 2.40. The summed E-state index contributed by atoms with van der Waals surface area (Å²) < 4.78 is 29.4. The summed E-state index contributed by atoms with van der Waals surface area (Å²) >= 11 is 0. The van der Waals surface area contributed by atoms with Gasteiger partial charge in [0, 0.05) is 23.4 Å². The number of rotatable bonds is 6. The quantitative estimate of drug-likeness (QED) is 0.725. The SMILES string of the molecule is COc1cc(Nc2ncnc(-c3cccc(F)c3)n2)cc(OC)c1OC. The summed E-state index contributed by atoms with van der Waals surface area (Å²) in [5, 5.41) is 3.06. The van der Waals surface area contributed by atoms with Crippen molar-refractivity contribution in [3.05, 3.63) is 48.5 Å². The molecule has 0 unspecified atom stereocenters. The van der Waals surface area contributed by atoms with E-state index in [-0.39, 0.29) is 5.82 Å². The van der Waals surface area contributed by atoms with Gasteiger partial charge in [-0.2, -0.15) is 4.98 Å². The van der Waals surface area contributed by atoms with E-state index in [9.17, 15) is 4.39 Å². The van der Waals surface area contributed by atoms with Crippen LogP contribution in [0.25, 0.3) is 11.4 Å². The normalized spacial score (nSPS) is 10.3. The molecule has 0 atom stereocenters. The Balaban J connectivity index is 1.93. The molecule has 0 aliphatic carbocycles. The van der Waals surface area contributed by atoms with Crippen molar-refractivity contribution in [3.63, 3.8) is 0 Å². The van der Waals surface area contributed by atoms with Crippen molar-refractivity contribution >= 4 is 11.6 Å². The third kappa shape index (κ3) is 3.64. The average Bonchev–Trinajstić information content (AvgIpc) is 2.67. The van der Waals surface area contributed by atoms with E-state index in [2.05, 4.69) is 20.3 Å². The molecule has 0 saturated heterocycles. The highest BCUT2D eigenvalue weighted by atomic mass is 19.1. The van der Waals surface area contributed by atoms with Crippen molar-refractivity contribution in [2.45, 2.75) is 0 Å². The van der Waals surface area contributed by atoms with Crippen LogP contribution in [0.1, 0.15) is 0 Å². The maximum absolute atomic E-state index is 13.4. The number of hydrogen-bond acceptors (Lipinski definition) is 7. The van der Waals surface area contributed by atoms with Crippen LogP contribution in [0.3, 0.4) is 0 Å². The largest absolute Gasteiger partial charge is 0.493 e. The molecule has 0 spiro atoms. The first-order valence-corrected chi connectivity index (χ1v) is 7.66. The van der Waals surface area contributed by atoms with E-state index >= 15 is 0 Å². The van der Waals surface area contributed by atoms with Gasteiger partial charge >= 0.3 is 0 Å². The van der Waals surface area contributed by atoms with Crippen LogP contribution in [-0.4, -0.2) is 36.3 Å². The Kier molecular flexibility index (Phi) is 5.12. The van der Waals surface area contributed by atoms with Gasteiger partial charge in [0.2, 0.25) is 11.7 Å². The van der Waals surface area contributed by atoms with Crippen LogP contribution < -0.4 is 19.5 Å². The van der Waals surface area contributed by atoms with Crippen LogP contribution in [-0.2, 0) is 0 Å². The van der Waals surface area contributed by atoms with Gasteiger partial charge in [0.1, 0.15) is 12.1 Å². The first kappa shape index (κ1) is 17.4. The monoisotopic (exact) mass is 356 g/mol. The number of ether oxygens (including phenoxy) is 3. The van der Waals surface area contributed by atoms with E-state index in [0.29, 0.717) is 40.3 Å². The molecule has 3 aromatic rings. The summed E-state index contributed by atoms with van der Waals surface area (Å²) in [4.78, 5) is 12.5. The molecule has 0 amide bonds. The molecule has 0 radical (unpaired) electrons. The van der Waals surface area contributed by atoms with Gasteiger partial charge in [-0.25, -0.2) is 14.4 Å². The highest BCUT2D eigenvalue weighted by molar-refractivity contribution is 5.66. The van der Waals surface area contributed by atoms with Crippen molar-refractivity contribution < 1.29 is 18.6 Å². The van der Waals surface area contributed by atoms with E-state index in [1.54, 1.807) is 24.3 Å². The number of nitrogens with one attached hydrogen (secondary N) is 1. The molecule has 3 rings (SSSR count). The first-order valence-electron chi connectivity index (χ1n) is 7.66. The van der Waals surface area contributed by atoms with Gasteiger partial charge in [-0.15, -0.1) is 0 Å². The molecule has 1 aromatic heterocycles. The van der Waals surface area contributed by atoms with Gasteiger partial charge in [0.15, 0.2) is 17.3 Å². The molecular weight excluding hydrogens is 339 g/mol. The second kappa shape index (κ2) is 7.64. The number of methoxy groups -OCH3 is 3. The maximum Gasteiger partial charge on any atom is 0.230 e. The Labute approximate surface area is 149 Å². The fourth-order valence-corrected chi connectivity index (χ4v) is 2.41. The van der Waals surface area contributed by atoms with Crippen molar-refractivity contribution in [2.75, 3.05) is 26.6 Å². The molecule has 7 nitrogen and oxygen atoms in total. The molecule has 0 aliphatic rings. The smallest absolute Gasteiger partial charge is 0.230 e. The summed E-state index contributed by atoms with van der Waals surface area (Å²) in [5.41, 5.74) is 1.19. The lowest BCUT2D eigenvalue weighted by Gasteiger charge is -2.14. The van der Waals surface area contributed by atoms with Crippen LogP contribution in [0, 0.1) is 5.82 Å². The van der Waals surface area contributed by atoms with Crippen molar-refractivity contribution in [2.24, 2.45) is 0 Å². The summed E-state index contributed by atoms with van der Waals surface area (Å²) in [6.07, 6.45) is 1.35. The van der Waals surface area contributed by atoms with E-state index in [1.807, 2.05) is 0 Å². The molecule has 8 heteroatoms. The molecule has 0 bridgehead atoms. The molecule has 1 N–H and O–H groups in total. The summed E-state index contributed by atoms with van der Waals surface area (Å²) in [6.45, 7) is 0. The second-order valence-electron chi connectivity index (χ2n) is 5.18. The highest BCUT2D eigenvalue weighted by Gasteiger charge is 2.14. The molecule has 1 heterocycles. The molecule has 26 heavy (non-hydrogen) atoms. The Morgan fingerprint density at radius 1 is 0.923 bits per heavy atom. The minimum atomic E-state index is -0.359. The van der Waals surface area contributed by atoms with E-state index < -0.39 is 0 Å². The fourth-order valence-electron chi connectivity index (χ4n) is 2.41. The number of halogens is 1. The topological polar surface area (TPSA) is 78.4 Å². The zero-order valence-corrected chi connectivity index (χ0v) is 14.5. The zero-order chi connectivity index (χ0) is 18.5. The standard InChI is InChI=1S/C18H17FN4O3/c1-24-14-8-13(9-15(25-2)16(14)26-3)22-18-21-10-20-17(23-18)11-5-4-6-12(19)7-11/h4-10H,1-3H3,(H,20,21,22,23). The van der Waals surface area contributed by atoms with Crippen LogP contribution in [0.15, 0.2) is 42.7 Å². The summed E-state index contributed by atoms with van der Waals surface area (Å²) in [5.74, 6) is 1.77. The van der Waals surface area contributed by atoms with E-state index in [0.717, 1.165) is 0 Å². The van der Waals surface area contributed by atoms with E-state index in [4.69, 9.17) is 14.2 Å². The van der Waals surface area contributed by atoms with Gasteiger partial charge in [-0.1, -0.05) is 12.1 Å². The zero-order valence-electron chi connectivity index (χ0n) is 14.5. The molecular formula is C18H17FN4O3. The number of aromatic nitrogens is 3. The minimum absolute atomic E-state index is 0.300. The fraction of sp³-hybridized carbons (Fsp3) is 0.167. The third-order valence-corrected chi connectivity index (χ3v) is 3.58. The molecule has 0 aliphatic heterocycles. The van der Waals surface area contributed by atoms with E-state index in [1.165, 1.54) is 39.8 Å². The van der Waals surface area contributed by atoms with Crippen molar-refractivity contribution in [1.29, 1.82) is 0 Å². The van der Waals surface area contributed by atoms with Crippen molar-refractivity contribution in [3.8, 4) is 28.6 Å². The molecule has 0 saturated carbocycles. The lowest BCUT2D eigenvalue weighted by Crippen LogP contribution is -2.02. The number of benzene rings is 2. The van der Waals surface area contributed by atoms with Crippen molar-refractivity contribution in [1.82, 2.24) is 15.0 Å².